The fourth-order valence-electron chi connectivity index (χ4n) is 3.23. The first-order chi connectivity index (χ1) is 5.36. The van der Waals surface area contributed by atoms with Crippen LogP contribution in [0, 0.1) is 17.8 Å². The average Bonchev–Trinajstić information content (AvgIpc) is 2.53. The van der Waals surface area contributed by atoms with Gasteiger partial charge in [-0.05, 0) is 31.6 Å². The molecular weight excluding hydrogens is 140 g/mol. The molecule has 2 nitrogen and oxygen atoms in total. The van der Waals surface area contributed by atoms with Crippen LogP contribution in [0.4, 0.5) is 0 Å². The molecule has 0 aromatic rings. The second kappa shape index (κ2) is 1.79. The van der Waals surface area contributed by atoms with Crippen molar-refractivity contribution in [3.8, 4) is 0 Å². The molecule has 4 atom stereocenters. The fraction of sp³-hybridized carbons (Fsp3) is 0.889. The Morgan fingerprint density at radius 2 is 2.00 bits per heavy atom. The second-order valence-corrected chi connectivity index (χ2v) is 4.07. The summed E-state index contributed by atoms with van der Waals surface area (Å²) in [4.78, 5) is 11.2. The molecule has 2 saturated carbocycles. The van der Waals surface area contributed by atoms with E-state index >= 15 is 0 Å². The molecule has 0 N–H and O–H groups in total. The Labute approximate surface area is 65.9 Å². The molecule has 3 aliphatic rings. The summed E-state index contributed by atoms with van der Waals surface area (Å²) in [5, 5.41) is 0. The molecule has 4 unspecified atom stereocenters. The van der Waals surface area contributed by atoms with Gasteiger partial charge in [-0.1, -0.05) is 0 Å². The van der Waals surface area contributed by atoms with Crippen molar-refractivity contribution in [3.05, 3.63) is 0 Å². The lowest BCUT2D eigenvalue weighted by Crippen LogP contribution is -2.13. The van der Waals surface area contributed by atoms with Crippen molar-refractivity contribution in [2.75, 3.05) is 0 Å². The minimum atomic E-state index is 0.0993. The van der Waals surface area contributed by atoms with E-state index in [1.165, 1.54) is 12.8 Å². The smallest absolute Gasteiger partial charge is 0.309 e. The van der Waals surface area contributed by atoms with Gasteiger partial charge in [-0.2, -0.15) is 0 Å². The van der Waals surface area contributed by atoms with Crippen LogP contribution in [-0.2, 0) is 9.53 Å². The summed E-state index contributed by atoms with van der Waals surface area (Å²) in [6.07, 6.45) is 5.14. The van der Waals surface area contributed by atoms with Gasteiger partial charge < -0.3 is 4.74 Å². The molecule has 3 rings (SSSR count). The van der Waals surface area contributed by atoms with Crippen molar-refractivity contribution in [3.63, 3.8) is 0 Å². The largest absolute Gasteiger partial charge is 0.462 e. The van der Waals surface area contributed by atoms with Gasteiger partial charge in [0.05, 0.1) is 5.92 Å². The van der Waals surface area contributed by atoms with Crippen LogP contribution in [0.15, 0.2) is 0 Å². The number of esters is 1. The van der Waals surface area contributed by atoms with E-state index in [-0.39, 0.29) is 5.97 Å². The molecule has 0 radical (unpaired) electrons. The summed E-state index contributed by atoms with van der Waals surface area (Å²) in [5.41, 5.74) is 0. The van der Waals surface area contributed by atoms with E-state index in [1.807, 2.05) is 0 Å². The molecule has 0 spiro atoms. The van der Waals surface area contributed by atoms with Gasteiger partial charge in [0.1, 0.15) is 6.10 Å². The van der Waals surface area contributed by atoms with Crippen LogP contribution in [0.1, 0.15) is 25.7 Å². The first-order valence-electron chi connectivity index (χ1n) is 4.57. The number of rotatable bonds is 0. The van der Waals surface area contributed by atoms with Crippen LogP contribution >= 0.6 is 0 Å². The molecule has 1 saturated heterocycles. The number of ether oxygens (including phenoxy) is 1. The summed E-state index contributed by atoms with van der Waals surface area (Å²) in [6.45, 7) is 0. The lowest BCUT2D eigenvalue weighted by Gasteiger charge is -2.08. The Morgan fingerprint density at radius 3 is 2.91 bits per heavy atom. The van der Waals surface area contributed by atoms with Gasteiger partial charge in [-0.25, -0.2) is 0 Å². The highest BCUT2D eigenvalue weighted by atomic mass is 16.6. The predicted octanol–water partition coefficient (Wildman–Crippen LogP) is 1.35. The molecule has 60 valence electrons. The van der Waals surface area contributed by atoms with E-state index < -0.39 is 0 Å². The van der Waals surface area contributed by atoms with Crippen LogP contribution < -0.4 is 0 Å². The summed E-state index contributed by atoms with van der Waals surface area (Å²) in [5.74, 6) is 1.86. The Kier molecular flexibility index (Phi) is 0.984. The molecule has 1 aliphatic heterocycles. The molecule has 11 heavy (non-hydrogen) atoms. The van der Waals surface area contributed by atoms with Gasteiger partial charge in [-0.15, -0.1) is 0 Å². The van der Waals surface area contributed by atoms with Crippen molar-refractivity contribution < 1.29 is 9.53 Å². The highest BCUT2D eigenvalue weighted by Crippen LogP contribution is 2.52. The van der Waals surface area contributed by atoms with Crippen molar-refractivity contribution >= 4 is 5.97 Å². The first-order valence-corrected chi connectivity index (χ1v) is 4.57. The van der Waals surface area contributed by atoms with Crippen molar-refractivity contribution in [2.45, 2.75) is 31.8 Å². The quantitative estimate of drug-likeness (QED) is 0.490. The third-order valence-electron chi connectivity index (χ3n) is 3.68. The third-order valence-corrected chi connectivity index (χ3v) is 3.68. The first kappa shape index (κ1) is 6.04. The van der Waals surface area contributed by atoms with Crippen molar-refractivity contribution in [2.24, 2.45) is 17.8 Å². The number of hydrogen-bond acceptors (Lipinski definition) is 2. The second-order valence-electron chi connectivity index (χ2n) is 4.07. The Morgan fingerprint density at radius 1 is 1.18 bits per heavy atom. The highest BCUT2D eigenvalue weighted by molar-refractivity contribution is 5.76. The number of carbonyl (C=O) groups excluding carboxylic acids is 1. The monoisotopic (exact) mass is 152 g/mol. The molecule has 0 bridgehead atoms. The zero-order valence-electron chi connectivity index (χ0n) is 6.45. The summed E-state index contributed by atoms with van der Waals surface area (Å²) < 4.78 is 5.28. The predicted molar refractivity (Wildman–Crippen MR) is 38.8 cm³/mol. The molecule has 0 aromatic carbocycles. The SMILES string of the molecule is O=C1OC2CCC3CCC1C32. The van der Waals surface area contributed by atoms with E-state index in [2.05, 4.69) is 0 Å². The van der Waals surface area contributed by atoms with Crippen molar-refractivity contribution in [1.29, 1.82) is 0 Å². The van der Waals surface area contributed by atoms with Gasteiger partial charge in [0.2, 0.25) is 0 Å². The van der Waals surface area contributed by atoms with Gasteiger partial charge in [-0.3, -0.25) is 4.79 Å². The van der Waals surface area contributed by atoms with Crippen LogP contribution in [-0.4, -0.2) is 12.1 Å². The summed E-state index contributed by atoms with van der Waals surface area (Å²) in [7, 11) is 0. The number of hydrogen-bond donors (Lipinski definition) is 0. The van der Waals surface area contributed by atoms with Gasteiger partial charge >= 0.3 is 5.97 Å². The van der Waals surface area contributed by atoms with Crippen molar-refractivity contribution in [1.82, 2.24) is 0 Å². The lowest BCUT2D eigenvalue weighted by molar-refractivity contribution is -0.144. The Bertz CT molecular complexity index is 212. The van der Waals surface area contributed by atoms with E-state index in [0.29, 0.717) is 17.9 Å². The highest BCUT2D eigenvalue weighted by Gasteiger charge is 2.55. The molecule has 1 heterocycles. The van der Waals surface area contributed by atoms with Crippen LogP contribution in [0.2, 0.25) is 0 Å². The molecule has 0 amide bonds. The van der Waals surface area contributed by atoms with Gasteiger partial charge in [0.25, 0.3) is 0 Å². The number of carbonyl (C=O) groups is 1. The fourth-order valence-corrected chi connectivity index (χ4v) is 3.23. The van der Waals surface area contributed by atoms with Crippen LogP contribution in [0.5, 0.6) is 0 Å². The molecule has 2 aliphatic carbocycles. The van der Waals surface area contributed by atoms with E-state index in [9.17, 15) is 4.79 Å². The lowest BCUT2D eigenvalue weighted by atomic mass is 9.93. The molecule has 3 fully saturated rings. The minimum absolute atomic E-state index is 0.0993. The zero-order chi connectivity index (χ0) is 7.42. The van der Waals surface area contributed by atoms with E-state index in [4.69, 9.17) is 4.74 Å². The Hall–Kier alpha value is -0.530. The minimum Gasteiger partial charge on any atom is -0.462 e. The van der Waals surface area contributed by atoms with Gasteiger partial charge in [0.15, 0.2) is 0 Å². The summed E-state index contributed by atoms with van der Waals surface area (Å²) in [6, 6.07) is 0. The maximum Gasteiger partial charge on any atom is 0.309 e. The van der Waals surface area contributed by atoms with Crippen LogP contribution in [0.3, 0.4) is 0 Å². The summed E-state index contributed by atoms with van der Waals surface area (Å²) >= 11 is 0. The average molecular weight is 152 g/mol. The molecule has 2 heteroatoms. The van der Waals surface area contributed by atoms with Crippen LogP contribution in [0.25, 0.3) is 0 Å². The standard InChI is InChI=1S/C9H12O2/c10-9-6-3-1-5-2-4-7(11-9)8(5)6/h5-8H,1-4H2. The topological polar surface area (TPSA) is 26.3 Å². The molecule has 0 aromatic heterocycles. The molecular formula is C9H12O2. The Balaban J connectivity index is 1.99. The maximum absolute atomic E-state index is 11.2. The maximum atomic E-state index is 11.2. The zero-order valence-corrected chi connectivity index (χ0v) is 6.45. The van der Waals surface area contributed by atoms with Gasteiger partial charge in [0, 0.05) is 5.92 Å². The van der Waals surface area contributed by atoms with E-state index in [0.717, 1.165) is 18.8 Å². The normalized spacial score (nSPS) is 52.9. The third kappa shape index (κ3) is 0.608. The van der Waals surface area contributed by atoms with E-state index in [1.54, 1.807) is 0 Å².